The maximum atomic E-state index is 13.1. The van der Waals surface area contributed by atoms with Crippen molar-refractivity contribution in [3.05, 3.63) is 34.1 Å². The van der Waals surface area contributed by atoms with Crippen LogP contribution in [0.4, 0.5) is 4.39 Å². The Kier molecular flexibility index (Phi) is 7.63. The van der Waals surface area contributed by atoms with Crippen LogP contribution in [0, 0.1) is 17.7 Å². The molecule has 0 aliphatic heterocycles. The highest BCUT2D eigenvalue weighted by molar-refractivity contribution is 9.10. The molecule has 118 valence electrons. The summed E-state index contributed by atoms with van der Waals surface area (Å²) in [5.74, 6) is 0.239. The van der Waals surface area contributed by atoms with Crippen LogP contribution in [0.1, 0.15) is 24.8 Å². The fourth-order valence-electron chi connectivity index (χ4n) is 2.82. The fourth-order valence-corrected chi connectivity index (χ4v) is 3.25. The highest BCUT2D eigenvalue weighted by Gasteiger charge is 2.31. The number of hydrogen-bond acceptors (Lipinski definition) is 2. The Morgan fingerprint density at radius 2 is 2.19 bits per heavy atom. The topological polar surface area (TPSA) is 55.1 Å². The number of amides is 1. The molecule has 1 saturated carbocycles. The molecule has 21 heavy (non-hydrogen) atoms. The molecule has 0 heterocycles. The first-order valence-corrected chi connectivity index (χ1v) is 7.83. The SMILES string of the molecule is Cl.NC[C@H]1CCC[C@H]1C(=O)NCCc1ccc(F)c(Br)c1. The average molecular weight is 380 g/mol. The zero-order valence-corrected chi connectivity index (χ0v) is 14.2. The summed E-state index contributed by atoms with van der Waals surface area (Å²) in [4.78, 5) is 12.1. The summed E-state index contributed by atoms with van der Waals surface area (Å²) in [5.41, 5.74) is 6.69. The first kappa shape index (κ1) is 18.4. The number of halogens is 3. The van der Waals surface area contributed by atoms with E-state index in [1.54, 1.807) is 12.1 Å². The molecule has 0 unspecified atom stereocenters. The summed E-state index contributed by atoms with van der Waals surface area (Å²) in [7, 11) is 0. The maximum Gasteiger partial charge on any atom is 0.223 e. The number of carbonyl (C=O) groups excluding carboxylic acids is 1. The average Bonchev–Trinajstić information content (AvgIpc) is 2.91. The highest BCUT2D eigenvalue weighted by Crippen LogP contribution is 2.30. The molecule has 2 atom stereocenters. The highest BCUT2D eigenvalue weighted by atomic mass is 79.9. The zero-order valence-electron chi connectivity index (χ0n) is 11.8. The van der Waals surface area contributed by atoms with E-state index < -0.39 is 0 Å². The molecule has 1 aliphatic rings. The number of benzene rings is 1. The third kappa shape index (κ3) is 4.94. The van der Waals surface area contributed by atoms with Gasteiger partial charge in [0.05, 0.1) is 4.47 Å². The molecule has 0 radical (unpaired) electrons. The Morgan fingerprint density at radius 1 is 1.43 bits per heavy atom. The van der Waals surface area contributed by atoms with Crippen LogP contribution in [0.3, 0.4) is 0 Å². The molecule has 1 aromatic carbocycles. The van der Waals surface area contributed by atoms with Crippen LogP contribution in [-0.4, -0.2) is 19.0 Å². The molecule has 1 aliphatic carbocycles. The Bertz CT molecular complexity index is 487. The second-order valence-corrected chi connectivity index (χ2v) is 6.18. The van der Waals surface area contributed by atoms with Gasteiger partial charge in [-0.2, -0.15) is 0 Å². The van der Waals surface area contributed by atoms with Gasteiger partial charge in [-0.15, -0.1) is 12.4 Å². The molecule has 1 fully saturated rings. The molecule has 6 heteroatoms. The molecule has 3 N–H and O–H groups in total. The first-order chi connectivity index (χ1) is 9.61. The van der Waals surface area contributed by atoms with Crippen molar-refractivity contribution in [3.8, 4) is 0 Å². The molecule has 0 aromatic heterocycles. The zero-order chi connectivity index (χ0) is 14.5. The Balaban J connectivity index is 0.00000220. The molecule has 1 aromatic rings. The molecule has 3 nitrogen and oxygen atoms in total. The number of hydrogen-bond donors (Lipinski definition) is 2. The van der Waals surface area contributed by atoms with Crippen LogP contribution in [0.2, 0.25) is 0 Å². The largest absolute Gasteiger partial charge is 0.356 e. The Hall–Kier alpha value is -0.650. The van der Waals surface area contributed by atoms with Gasteiger partial charge in [0.15, 0.2) is 0 Å². The number of nitrogens with two attached hydrogens (primary N) is 1. The van der Waals surface area contributed by atoms with E-state index in [4.69, 9.17) is 5.73 Å². The lowest BCUT2D eigenvalue weighted by Crippen LogP contribution is -2.36. The van der Waals surface area contributed by atoms with Crippen LogP contribution in [-0.2, 0) is 11.2 Å². The van der Waals surface area contributed by atoms with Crippen molar-refractivity contribution in [1.82, 2.24) is 5.32 Å². The molecular formula is C15H21BrClFN2O. The number of carbonyl (C=O) groups is 1. The minimum Gasteiger partial charge on any atom is -0.356 e. The van der Waals surface area contributed by atoms with E-state index in [1.165, 1.54) is 6.07 Å². The van der Waals surface area contributed by atoms with Gasteiger partial charge in [0, 0.05) is 12.5 Å². The van der Waals surface area contributed by atoms with Gasteiger partial charge in [-0.1, -0.05) is 12.5 Å². The van der Waals surface area contributed by atoms with E-state index in [0.29, 0.717) is 29.9 Å². The smallest absolute Gasteiger partial charge is 0.223 e. The van der Waals surface area contributed by atoms with E-state index >= 15 is 0 Å². The van der Waals surface area contributed by atoms with Crippen molar-refractivity contribution in [2.45, 2.75) is 25.7 Å². The molecule has 0 spiro atoms. The van der Waals surface area contributed by atoms with Gasteiger partial charge < -0.3 is 11.1 Å². The second-order valence-electron chi connectivity index (χ2n) is 5.32. The summed E-state index contributed by atoms with van der Waals surface area (Å²) < 4.78 is 13.6. The summed E-state index contributed by atoms with van der Waals surface area (Å²) in [5, 5.41) is 2.97. The quantitative estimate of drug-likeness (QED) is 0.826. The van der Waals surface area contributed by atoms with Crippen molar-refractivity contribution in [2.24, 2.45) is 17.6 Å². The molecular weight excluding hydrogens is 359 g/mol. The van der Waals surface area contributed by atoms with Gasteiger partial charge in [-0.3, -0.25) is 4.79 Å². The second kappa shape index (κ2) is 8.71. The van der Waals surface area contributed by atoms with E-state index in [0.717, 1.165) is 24.8 Å². The van der Waals surface area contributed by atoms with Crippen LogP contribution < -0.4 is 11.1 Å². The van der Waals surface area contributed by atoms with Gasteiger partial charge in [0.1, 0.15) is 5.82 Å². The predicted octanol–water partition coefficient (Wildman–Crippen LogP) is 3.04. The van der Waals surface area contributed by atoms with Crippen LogP contribution in [0.5, 0.6) is 0 Å². The predicted molar refractivity (Wildman–Crippen MR) is 87.9 cm³/mol. The minimum atomic E-state index is -0.269. The third-order valence-electron chi connectivity index (χ3n) is 4.00. The lowest BCUT2D eigenvalue weighted by atomic mass is 9.95. The van der Waals surface area contributed by atoms with Gasteiger partial charge in [-0.05, 0) is 65.4 Å². The first-order valence-electron chi connectivity index (χ1n) is 7.03. The van der Waals surface area contributed by atoms with E-state index in [-0.39, 0.29) is 30.0 Å². The van der Waals surface area contributed by atoms with Crippen molar-refractivity contribution >= 4 is 34.2 Å². The normalized spacial score (nSPS) is 20.9. The van der Waals surface area contributed by atoms with E-state index in [2.05, 4.69) is 21.2 Å². The van der Waals surface area contributed by atoms with E-state index in [9.17, 15) is 9.18 Å². The van der Waals surface area contributed by atoms with E-state index in [1.807, 2.05) is 0 Å². The van der Waals surface area contributed by atoms with Crippen LogP contribution in [0.15, 0.2) is 22.7 Å². The van der Waals surface area contributed by atoms with Crippen molar-refractivity contribution in [3.63, 3.8) is 0 Å². The van der Waals surface area contributed by atoms with Crippen molar-refractivity contribution in [1.29, 1.82) is 0 Å². The maximum absolute atomic E-state index is 13.1. The number of nitrogens with one attached hydrogen (secondary N) is 1. The number of rotatable bonds is 5. The molecule has 0 bridgehead atoms. The Labute approximate surface area is 139 Å². The standard InChI is InChI=1S/C15H20BrFN2O.ClH/c16-13-8-10(4-5-14(13)17)6-7-19-15(20)12-3-1-2-11(12)9-18;/h4-5,8,11-12H,1-3,6-7,9,18H2,(H,19,20);1H/t11-,12-;/m1./s1. The van der Waals surface area contributed by atoms with Crippen molar-refractivity contribution < 1.29 is 9.18 Å². The van der Waals surface area contributed by atoms with Crippen LogP contribution >= 0.6 is 28.3 Å². The monoisotopic (exact) mass is 378 g/mol. The fraction of sp³-hybridized carbons (Fsp3) is 0.533. The molecule has 0 saturated heterocycles. The summed E-state index contributed by atoms with van der Waals surface area (Å²) >= 11 is 3.16. The molecule has 1 amide bonds. The van der Waals surface area contributed by atoms with Gasteiger partial charge >= 0.3 is 0 Å². The summed E-state index contributed by atoms with van der Waals surface area (Å²) in [6.45, 7) is 1.16. The van der Waals surface area contributed by atoms with Crippen LogP contribution in [0.25, 0.3) is 0 Å². The summed E-state index contributed by atoms with van der Waals surface area (Å²) in [6.07, 6.45) is 3.78. The summed E-state index contributed by atoms with van der Waals surface area (Å²) in [6, 6.07) is 4.92. The van der Waals surface area contributed by atoms with Crippen molar-refractivity contribution in [2.75, 3.05) is 13.1 Å². The third-order valence-corrected chi connectivity index (χ3v) is 4.60. The molecule has 2 rings (SSSR count). The Morgan fingerprint density at radius 3 is 2.86 bits per heavy atom. The van der Waals surface area contributed by atoms with Gasteiger partial charge in [-0.25, -0.2) is 4.39 Å². The minimum absolute atomic E-state index is 0. The van der Waals surface area contributed by atoms with Gasteiger partial charge in [0.25, 0.3) is 0 Å². The lowest BCUT2D eigenvalue weighted by molar-refractivity contribution is -0.125. The lowest BCUT2D eigenvalue weighted by Gasteiger charge is -2.17. The van der Waals surface area contributed by atoms with Gasteiger partial charge in [0.2, 0.25) is 5.91 Å².